The summed E-state index contributed by atoms with van der Waals surface area (Å²) in [6.07, 6.45) is 2.76. The van der Waals surface area contributed by atoms with Crippen molar-refractivity contribution in [3.8, 4) is 11.8 Å². The van der Waals surface area contributed by atoms with Gasteiger partial charge in [0.1, 0.15) is 18.2 Å². The lowest BCUT2D eigenvalue weighted by atomic mass is 10.1. The van der Waals surface area contributed by atoms with E-state index in [-0.39, 0.29) is 17.9 Å². The molecule has 0 saturated heterocycles. The summed E-state index contributed by atoms with van der Waals surface area (Å²) in [6, 6.07) is 4.13. The van der Waals surface area contributed by atoms with Crippen LogP contribution in [0.25, 0.3) is 0 Å². The molecule has 0 fully saturated rings. The van der Waals surface area contributed by atoms with Gasteiger partial charge in [-0.3, -0.25) is 9.78 Å². The largest absolute Gasteiger partial charge is 0.384 e. The van der Waals surface area contributed by atoms with E-state index in [0.29, 0.717) is 11.6 Å². The topological polar surface area (TPSA) is 62.2 Å². The van der Waals surface area contributed by atoms with Gasteiger partial charge in [0, 0.05) is 24.1 Å². The van der Waals surface area contributed by atoms with Crippen molar-refractivity contribution in [1.29, 1.82) is 0 Å². The number of halogens is 2. The molecule has 1 heterocycles. The first-order valence-corrected chi connectivity index (χ1v) is 5.91. The van der Waals surface area contributed by atoms with Crippen LogP contribution in [0.4, 0.5) is 14.5 Å². The molecule has 2 N–H and O–H groups in total. The van der Waals surface area contributed by atoms with Gasteiger partial charge < -0.3 is 10.4 Å². The van der Waals surface area contributed by atoms with Crippen LogP contribution >= 0.6 is 0 Å². The number of nitrogens with one attached hydrogen (secondary N) is 1. The Hall–Kier alpha value is -2.78. The van der Waals surface area contributed by atoms with Gasteiger partial charge in [-0.1, -0.05) is 11.8 Å². The fourth-order valence-corrected chi connectivity index (χ4v) is 1.65. The average Bonchev–Trinajstić information content (AvgIpc) is 2.44. The molecule has 106 valence electrons. The summed E-state index contributed by atoms with van der Waals surface area (Å²) in [5, 5.41) is 11.1. The van der Waals surface area contributed by atoms with Crippen molar-refractivity contribution < 1.29 is 18.7 Å². The van der Waals surface area contributed by atoms with Gasteiger partial charge in [-0.25, -0.2) is 8.78 Å². The molecule has 0 saturated carbocycles. The van der Waals surface area contributed by atoms with Crippen LogP contribution in [0.1, 0.15) is 15.9 Å². The molecule has 0 radical (unpaired) electrons. The van der Waals surface area contributed by atoms with Gasteiger partial charge >= 0.3 is 0 Å². The quantitative estimate of drug-likeness (QED) is 0.830. The lowest BCUT2D eigenvalue weighted by molar-refractivity contribution is 0.102. The van der Waals surface area contributed by atoms with Crippen molar-refractivity contribution in [3.63, 3.8) is 0 Å². The first-order valence-electron chi connectivity index (χ1n) is 5.91. The third kappa shape index (κ3) is 3.84. The van der Waals surface area contributed by atoms with Crippen LogP contribution in [0.15, 0.2) is 36.7 Å². The summed E-state index contributed by atoms with van der Waals surface area (Å²) >= 11 is 0. The van der Waals surface area contributed by atoms with Crippen molar-refractivity contribution in [1.82, 2.24) is 4.98 Å². The van der Waals surface area contributed by atoms with E-state index in [2.05, 4.69) is 22.1 Å². The van der Waals surface area contributed by atoms with Gasteiger partial charge in [0.05, 0.1) is 11.1 Å². The maximum atomic E-state index is 13.1. The lowest BCUT2D eigenvalue weighted by Gasteiger charge is -2.07. The highest BCUT2D eigenvalue weighted by atomic mass is 19.1. The predicted molar refractivity (Wildman–Crippen MR) is 72.5 cm³/mol. The second kappa shape index (κ2) is 6.59. The SMILES string of the molecule is O=C(Nc1cc(F)cc(F)c1)c1ccncc1C#CCO. The van der Waals surface area contributed by atoms with Gasteiger partial charge in [-0.2, -0.15) is 0 Å². The Morgan fingerprint density at radius 2 is 2.00 bits per heavy atom. The Bertz CT molecular complexity index is 716. The summed E-state index contributed by atoms with van der Waals surface area (Å²) in [5.74, 6) is 2.83. The summed E-state index contributed by atoms with van der Waals surface area (Å²) in [7, 11) is 0. The standard InChI is InChI=1S/C15H10F2N2O2/c16-11-6-12(17)8-13(7-11)19-15(21)14-3-4-18-9-10(14)2-1-5-20/h3-4,6-9,20H,5H2,(H,19,21). The molecule has 0 aliphatic carbocycles. The van der Waals surface area contributed by atoms with E-state index in [1.54, 1.807) is 0 Å². The number of aliphatic hydroxyl groups is 1. The molecule has 1 amide bonds. The number of amides is 1. The molecule has 0 aliphatic heterocycles. The lowest BCUT2D eigenvalue weighted by Crippen LogP contribution is -2.14. The molecule has 0 bridgehead atoms. The van der Waals surface area contributed by atoms with E-state index in [4.69, 9.17) is 5.11 Å². The average molecular weight is 288 g/mol. The molecule has 21 heavy (non-hydrogen) atoms. The zero-order valence-electron chi connectivity index (χ0n) is 10.7. The van der Waals surface area contributed by atoms with Gasteiger partial charge in [-0.15, -0.1) is 0 Å². The minimum Gasteiger partial charge on any atom is -0.384 e. The van der Waals surface area contributed by atoms with Gasteiger partial charge in [0.15, 0.2) is 0 Å². The maximum Gasteiger partial charge on any atom is 0.257 e. The van der Waals surface area contributed by atoms with Crippen LogP contribution < -0.4 is 5.32 Å². The molecule has 0 spiro atoms. The molecular formula is C15H10F2N2O2. The zero-order valence-corrected chi connectivity index (χ0v) is 10.7. The number of aromatic nitrogens is 1. The third-order valence-electron chi connectivity index (χ3n) is 2.49. The molecule has 0 unspecified atom stereocenters. The number of benzene rings is 1. The van der Waals surface area contributed by atoms with E-state index in [9.17, 15) is 13.6 Å². The molecule has 4 nitrogen and oxygen atoms in total. The summed E-state index contributed by atoms with van der Waals surface area (Å²) in [4.78, 5) is 15.9. The molecule has 2 aromatic rings. The molecule has 0 aliphatic rings. The number of aliphatic hydroxyl groups excluding tert-OH is 1. The third-order valence-corrected chi connectivity index (χ3v) is 2.49. The second-order valence-electron chi connectivity index (χ2n) is 3.99. The second-order valence-corrected chi connectivity index (χ2v) is 3.99. The Kier molecular flexibility index (Phi) is 4.59. The van der Waals surface area contributed by atoms with Crippen LogP contribution in [0.3, 0.4) is 0 Å². The van der Waals surface area contributed by atoms with Crippen LogP contribution in [-0.4, -0.2) is 22.6 Å². The minimum atomic E-state index is -0.791. The molecule has 6 heteroatoms. The Labute approximate surface area is 119 Å². The summed E-state index contributed by atoms with van der Waals surface area (Å²) in [6.45, 7) is -0.356. The predicted octanol–water partition coefficient (Wildman–Crippen LogP) is 1.96. The molecule has 0 atom stereocenters. The molecular weight excluding hydrogens is 278 g/mol. The van der Waals surface area contributed by atoms with Crippen LogP contribution in [0.5, 0.6) is 0 Å². The number of carbonyl (C=O) groups excluding carboxylic acids is 1. The number of pyridine rings is 1. The Morgan fingerprint density at radius 1 is 1.29 bits per heavy atom. The Morgan fingerprint density at radius 3 is 2.67 bits per heavy atom. The minimum absolute atomic E-state index is 0.00428. The smallest absolute Gasteiger partial charge is 0.257 e. The number of nitrogens with zero attached hydrogens (tertiary/aromatic N) is 1. The van der Waals surface area contributed by atoms with Crippen molar-refractivity contribution in [2.45, 2.75) is 0 Å². The monoisotopic (exact) mass is 288 g/mol. The highest BCUT2D eigenvalue weighted by Crippen LogP contribution is 2.15. The number of rotatable bonds is 2. The van der Waals surface area contributed by atoms with E-state index in [1.165, 1.54) is 18.5 Å². The normalized spacial score (nSPS) is 9.67. The maximum absolute atomic E-state index is 13.1. The number of hydrogen-bond donors (Lipinski definition) is 2. The van der Waals surface area contributed by atoms with Crippen LogP contribution in [-0.2, 0) is 0 Å². The summed E-state index contributed by atoms with van der Waals surface area (Å²) in [5.41, 5.74) is 0.493. The van der Waals surface area contributed by atoms with Gasteiger partial charge in [-0.05, 0) is 18.2 Å². The molecule has 1 aromatic carbocycles. The van der Waals surface area contributed by atoms with Crippen molar-refractivity contribution in [2.24, 2.45) is 0 Å². The molecule has 2 rings (SSSR count). The van der Waals surface area contributed by atoms with E-state index in [1.807, 2.05) is 0 Å². The van der Waals surface area contributed by atoms with Crippen LogP contribution in [0.2, 0.25) is 0 Å². The van der Waals surface area contributed by atoms with Gasteiger partial charge in [0.25, 0.3) is 5.91 Å². The van der Waals surface area contributed by atoms with Crippen LogP contribution in [0, 0.1) is 23.5 Å². The van der Waals surface area contributed by atoms with Crippen molar-refractivity contribution >= 4 is 11.6 Å². The number of carbonyl (C=O) groups is 1. The van der Waals surface area contributed by atoms with E-state index < -0.39 is 17.5 Å². The first-order chi connectivity index (χ1) is 10.1. The Balaban J connectivity index is 2.28. The van der Waals surface area contributed by atoms with Gasteiger partial charge in [0.2, 0.25) is 0 Å². The highest BCUT2D eigenvalue weighted by Gasteiger charge is 2.11. The van der Waals surface area contributed by atoms with E-state index >= 15 is 0 Å². The van der Waals surface area contributed by atoms with Crippen molar-refractivity contribution in [2.75, 3.05) is 11.9 Å². The fraction of sp³-hybridized carbons (Fsp3) is 0.0667. The number of hydrogen-bond acceptors (Lipinski definition) is 3. The zero-order chi connectivity index (χ0) is 15.2. The fourth-order valence-electron chi connectivity index (χ4n) is 1.65. The van der Waals surface area contributed by atoms with E-state index in [0.717, 1.165) is 12.1 Å². The number of anilines is 1. The highest BCUT2D eigenvalue weighted by molar-refractivity contribution is 6.05. The molecule has 1 aromatic heterocycles. The summed E-state index contributed by atoms with van der Waals surface area (Å²) < 4.78 is 26.2. The van der Waals surface area contributed by atoms with Crippen molar-refractivity contribution in [3.05, 3.63) is 59.4 Å². The first kappa shape index (κ1) is 14.6.